The number of benzene rings is 1. The lowest BCUT2D eigenvalue weighted by Gasteiger charge is -2.49. The van der Waals surface area contributed by atoms with Crippen LogP contribution in [0.4, 0.5) is 11.5 Å². The van der Waals surface area contributed by atoms with E-state index < -0.39 is 16.3 Å². The number of aromatic nitrogens is 3. The van der Waals surface area contributed by atoms with Crippen LogP contribution in [0.15, 0.2) is 30.6 Å². The van der Waals surface area contributed by atoms with E-state index in [1.54, 1.807) is 42.6 Å². The fourth-order valence-corrected chi connectivity index (χ4v) is 7.08. The minimum atomic E-state index is -2.99. The molecule has 12 nitrogen and oxygen atoms in total. The highest BCUT2D eigenvalue weighted by Crippen LogP contribution is 2.47. The van der Waals surface area contributed by atoms with Gasteiger partial charge in [-0.3, -0.25) is 18.7 Å². The first-order valence-electron chi connectivity index (χ1n) is 12.4. The standard InChI is InChI=1S/C25H29ClN8O4S/c1-25(2)24(36)32(8-9-33(25)21(35)14-31-7-3-4-10-39(31,37)38)19-11-16(5-6-17(19)13-27)20-12-18(26)22-23(28)29-15-30-34(20)22/h5-6,11-12,15,37-38H,3-4,7-10,14H2,1-2H3,(H2,28,29,30). The molecule has 2 fully saturated rings. The van der Waals surface area contributed by atoms with Crippen molar-refractivity contribution in [3.8, 4) is 17.3 Å². The third-order valence-electron chi connectivity index (χ3n) is 7.33. The van der Waals surface area contributed by atoms with Gasteiger partial charge >= 0.3 is 0 Å². The molecule has 0 unspecified atom stereocenters. The smallest absolute Gasteiger partial charge is 0.252 e. The van der Waals surface area contributed by atoms with Crippen molar-refractivity contribution in [1.82, 2.24) is 23.8 Å². The number of halogens is 1. The minimum absolute atomic E-state index is 0.160. The summed E-state index contributed by atoms with van der Waals surface area (Å²) in [4.78, 5) is 34.1. The van der Waals surface area contributed by atoms with Gasteiger partial charge in [-0.05, 0) is 44.9 Å². The number of nitrogens with zero attached hydrogens (tertiary/aromatic N) is 7. The molecule has 0 atom stereocenters. The monoisotopic (exact) mass is 572 g/mol. The summed E-state index contributed by atoms with van der Waals surface area (Å²) in [6, 6.07) is 8.94. The third kappa shape index (κ3) is 4.68. The second-order valence-corrected chi connectivity index (χ2v) is 12.7. The second kappa shape index (κ2) is 9.96. The first kappa shape index (κ1) is 27.2. The van der Waals surface area contributed by atoms with Crippen molar-refractivity contribution in [3.63, 3.8) is 0 Å². The molecule has 2 aliphatic rings. The van der Waals surface area contributed by atoms with Crippen LogP contribution >= 0.6 is 22.4 Å². The number of hydrogen-bond donors (Lipinski definition) is 3. The lowest BCUT2D eigenvalue weighted by atomic mass is 9.95. The van der Waals surface area contributed by atoms with Crippen LogP contribution in [-0.2, 0) is 9.59 Å². The van der Waals surface area contributed by atoms with Crippen molar-refractivity contribution in [3.05, 3.63) is 41.2 Å². The Bertz CT molecular complexity index is 1520. The number of hydrogen-bond acceptors (Lipinski definition) is 9. The first-order chi connectivity index (χ1) is 18.5. The van der Waals surface area contributed by atoms with Gasteiger partial charge in [-0.15, -0.1) is 10.8 Å². The van der Waals surface area contributed by atoms with Crippen molar-refractivity contribution < 1.29 is 18.7 Å². The number of fused-ring (bicyclic) bond motifs is 1. The molecule has 4 heterocycles. The summed E-state index contributed by atoms with van der Waals surface area (Å²) in [6.45, 7) is 3.92. The predicted molar refractivity (Wildman–Crippen MR) is 149 cm³/mol. The molecule has 2 amide bonds. The lowest BCUT2D eigenvalue weighted by Crippen LogP contribution is -2.66. The molecule has 0 aliphatic carbocycles. The maximum Gasteiger partial charge on any atom is 0.252 e. The molecular weight excluding hydrogens is 544 g/mol. The molecule has 0 saturated carbocycles. The Hall–Kier alpha value is -3.41. The minimum Gasteiger partial charge on any atom is -0.382 e. The van der Waals surface area contributed by atoms with E-state index >= 15 is 0 Å². The van der Waals surface area contributed by atoms with Gasteiger partial charge in [0.2, 0.25) is 5.91 Å². The van der Waals surface area contributed by atoms with Crippen LogP contribution in [0.25, 0.3) is 16.8 Å². The lowest BCUT2D eigenvalue weighted by molar-refractivity contribution is -0.147. The average molecular weight is 573 g/mol. The molecule has 14 heteroatoms. The summed E-state index contributed by atoms with van der Waals surface area (Å²) in [6.07, 6.45) is 2.78. The summed E-state index contributed by atoms with van der Waals surface area (Å²) in [5.41, 5.74) is 7.17. The van der Waals surface area contributed by atoms with E-state index in [2.05, 4.69) is 16.2 Å². The molecule has 4 N–H and O–H groups in total. The molecule has 2 aromatic heterocycles. The van der Waals surface area contributed by atoms with Crippen LogP contribution in [0.5, 0.6) is 0 Å². The number of amides is 2. The van der Waals surface area contributed by atoms with Crippen LogP contribution in [0.2, 0.25) is 5.02 Å². The van der Waals surface area contributed by atoms with Gasteiger partial charge in [0.1, 0.15) is 23.5 Å². The van der Waals surface area contributed by atoms with Crippen LogP contribution in [0.1, 0.15) is 32.3 Å². The van der Waals surface area contributed by atoms with Crippen molar-refractivity contribution in [2.45, 2.75) is 32.2 Å². The number of anilines is 2. The van der Waals surface area contributed by atoms with Crippen LogP contribution in [0.3, 0.4) is 0 Å². The van der Waals surface area contributed by atoms with Gasteiger partial charge < -0.3 is 15.5 Å². The molecule has 5 rings (SSSR count). The van der Waals surface area contributed by atoms with E-state index in [4.69, 9.17) is 17.3 Å². The quantitative estimate of drug-likeness (QED) is 0.425. The zero-order valence-corrected chi connectivity index (χ0v) is 23.1. The van der Waals surface area contributed by atoms with Gasteiger partial charge in [0.05, 0.1) is 34.3 Å². The number of carbonyl (C=O) groups is 2. The summed E-state index contributed by atoms with van der Waals surface area (Å²) >= 11 is 6.41. The largest absolute Gasteiger partial charge is 0.382 e. The molecule has 0 bridgehead atoms. The summed E-state index contributed by atoms with van der Waals surface area (Å²) in [7, 11) is -2.99. The Morgan fingerprint density at radius 1 is 1.23 bits per heavy atom. The molecule has 0 radical (unpaired) electrons. The van der Waals surface area contributed by atoms with Crippen molar-refractivity contribution >= 4 is 51.2 Å². The molecule has 39 heavy (non-hydrogen) atoms. The number of carbonyl (C=O) groups excluding carboxylic acids is 2. The van der Waals surface area contributed by atoms with E-state index in [1.165, 1.54) is 20.4 Å². The Labute approximate surface area is 232 Å². The fourth-order valence-electron chi connectivity index (χ4n) is 5.21. The SMILES string of the molecule is CC1(C)C(=O)N(c2cc(-c3cc(Cl)c4c(N)ncnn34)ccc2C#N)CCN1C(=O)CN1CCCCS1(O)O. The summed E-state index contributed by atoms with van der Waals surface area (Å²) < 4.78 is 23.7. The van der Waals surface area contributed by atoms with E-state index in [9.17, 15) is 24.0 Å². The van der Waals surface area contributed by atoms with Crippen molar-refractivity contribution in [2.75, 3.05) is 42.6 Å². The van der Waals surface area contributed by atoms with Gasteiger partial charge in [0.15, 0.2) is 5.82 Å². The molecular formula is C25H29ClN8O4S. The molecule has 2 aliphatic heterocycles. The topological polar surface area (TPSA) is 164 Å². The van der Waals surface area contributed by atoms with Crippen molar-refractivity contribution in [2.24, 2.45) is 0 Å². The van der Waals surface area contributed by atoms with Crippen molar-refractivity contribution in [1.29, 1.82) is 5.26 Å². The van der Waals surface area contributed by atoms with E-state index in [0.29, 0.717) is 46.0 Å². The number of nitriles is 1. The zero-order chi connectivity index (χ0) is 28.1. The first-order valence-corrected chi connectivity index (χ1v) is 14.5. The second-order valence-electron chi connectivity index (χ2n) is 10.1. The molecule has 206 valence electrons. The summed E-state index contributed by atoms with van der Waals surface area (Å²) in [5.74, 6) is -0.246. The predicted octanol–water partition coefficient (Wildman–Crippen LogP) is 3.22. The number of rotatable bonds is 4. The average Bonchev–Trinajstić information content (AvgIpc) is 3.24. The Morgan fingerprint density at radius 3 is 2.72 bits per heavy atom. The molecule has 1 aromatic carbocycles. The highest BCUT2D eigenvalue weighted by molar-refractivity contribution is 8.22. The van der Waals surface area contributed by atoms with Gasteiger partial charge in [-0.25, -0.2) is 9.50 Å². The normalized spacial score (nSPS) is 20.2. The number of nitrogens with two attached hydrogens (primary N) is 1. The highest BCUT2D eigenvalue weighted by atomic mass is 35.5. The molecule has 3 aromatic rings. The number of nitrogen functional groups attached to an aromatic ring is 1. The zero-order valence-electron chi connectivity index (χ0n) is 21.5. The van der Waals surface area contributed by atoms with Crippen LogP contribution in [0, 0.1) is 11.3 Å². The van der Waals surface area contributed by atoms with E-state index in [-0.39, 0.29) is 43.0 Å². The highest BCUT2D eigenvalue weighted by Gasteiger charge is 2.46. The molecule has 0 spiro atoms. The van der Waals surface area contributed by atoms with Gasteiger partial charge in [-0.2, -0.15) is 14.7 Å². The summed E-state index contributed by atoms with van der Waals surface area (Å²) in [5, 5.41) is 14.5. The van der Waals surface area contributed by atoms with Gasteiger partial charge in [-0.1, -0.05) is 17.7 Å². The third-order valence-corrected chi connectivity index (χ3v) is 9.60. The maximum absolute atomic E-state index is 13.8. The van der Waals surface area contributed by atoms with Gasteiger partial charge in [0.25, 0.3) is 5.91 Å². The van der Waals surface area contributed by atoms with Crippen LogP contribution < -0.4 is 10.6 Å². The molecule has 2 saturated heterocycles. The van der Waals surface area contributed by atoms with Gasteiger partial charge in [0, 0.05) is 25.2 Å². The Kier molecular flexibility index (Phi) is 6.94. The van der Waals surface area contributed by atoms with Crippen LogP contribution in [-0.4, -0.2) is 82.2 Å². The number of piperazine rings is 1. The van der Waals surface area contributed by atoms with E-state index in [0.717, 1.165) is 6.42 Å². The van der Waals surface area contributed by atoms with E-state index in [1.807, 2.05) is 0 Å². The maximum atomic E-state index is 13.8. The Morgan fingerprint density at radius 2 is 2.00 bits per heavy atom. The Balaban J connectivity index is 1.45. The fraction of sp³-hybridized carbons (Fsp3) is 0.400.